The van der Waals surface area contributed by atoms with E-state index in [-0.39, 0.29) is 6.54 Å². The van der Waals surface area contributed by atoms with E-state index in [2.05, 4.69) is 4.98 Å². The number of H-pyrrole nitrogens is 1. The van der Waals surface area contributed by atoms with Crippen LogP contribution in [-0.2, 0) is 0 Å². The van der Waals surface area contributed by atoms with E-state index in [1.165, 1.54) is 0 Å². The van der Waals surface area contributed by atoms with Gasteiger partial charge in [0.25, 0.3) is 0 Å². The van der Waals surface area contributed by atoms with Gasteiger partial charge in [-0.2, -0.15) is 0 Å². The molecule has 4 N–H and O–H groups in total. The Hall–Kier alpha value is -1.79. The van der Waals surface area contributed by atoms with Crippen LogP contribution in [0.1, 0.15) is 0 Å². The number of hydrogen-bond donors (Lipinski definition) is 3. The van der Waals surface area contributed by atoms with Gasteiger partial charge in [0.05, 0.1) is 11.6 Å². The van der Waals surface area contributed by atoms with E-state index in [0.717, 1.165) is 5.69 Å². The van der Waals surface area contributed by atoms with Crippen LogP contribution in [0.4, 0.5) is 5.69 Å². The van der Waals surface area contributed by atoms with Gasteiger partial charge in [-0.05, 0) is 18.2 Å². The summed E-state index contributed by atoms with van der Waals surface area (Å²) in [6.07, 6.45) is -0.570. The summed E-state index contributed by atoms with van der Waals surface area (Å²) in [7, 11) is 1.85. The number of likely N-dealkylation sites (N-methyl/N-ethyl adjacent to an activating group) is 1. The smallest absolute Gasteiger partial charge is 0.408 e. The van der Waals surface area contributed by atoms with Gasteiger partial charge in [0.1, 0.15) is 0 Å². The zero-order chi connectivity index (χ0) is 12.4. The number of fused-ring (bicyclic) bond motifs is 1. The van der Waals surface area contributed by atoms with Crippen LogP contribution in [-0.4, -0.2) is 36.3 Å². The molecule has 0 aliphatic heterocycles. The van der Waals surface area contributed by atoms with Crippen molar-refractivity contribution < 1.29 is 9.52 Å². The molecule has 1 aromatic carbocycles. The van der Waals surface area contributed by atoms with Gasteiger partial charge in [0, 0.05) is 25.8 Å². The number of benzene rings is 1. The molecule has 1 atom stereocenters. The molecule has 92 valence electrons. The van der Waals surface area contributed by atoms with Crippen molar-refractivity contribution in [2.24, 2.45) is 5.73 Å². The number of rotatable bonds is 4. The van der Waals surface area contributed by atoms with E-state index < -0.39 is 11.9 Å². The minimum atomic E-state index is -0.570. The van der Waals surface area contributed by atoms with Crippen molar-refractivity contribution in [1.29, 1.82) is 0 Å². The van der Waals surface area contributed by atoms with E-state index >= 15 is 0 Å². The first-order chi connectivity index (χ1) is 8.10. The first-order valence-electron chi connectivity index (χ1n) is 5.32. The molecule has 6 nitrogen and oxygen atoms in total. The summed E-state index contributed by atoms with van der Waals surface area (Å²) in [5, 5.41) is 9.46. The van der Waals surface area contributed by atoms with E-state index in [4.69, 9.17) is 10.2 Å². The van der Waals surface area contributed by atoms with Crippen molar-refractivity contribution in [3.8, 4) is 0 Å². The first-order valence-corrected chi connectivity index (χ1v) is 5.32. The summed E-state index contributed by atoms with van der Waals surface area (Å²) in [6, 6.07) is 5.33. The summed E-state index contributed by atoms with van der Waals surface area (Å²) < 4.78 is 4.91. The molecule has 2 rings (SSSR count). The standard InChI is InChI=1S/C11H15N3O3/c1-14(6-8(15)5-12)7-2-3-10-9(4-7)13-11(16)17-10/h2-4,8,15H,5-6,12H2,1H3,(H,13,16). The minimum Gasteiger partial charge on any atom is -0.408 e. The van der Waals surface area contributed by atoms with E-state index in [9.17, 15) is 9.90 Å². The number of aliphatic hydroxyl groups excluding tert-OH is 1. The van der Waals surface area contributed by atoms with Crippen LogP contribution in [0.2, 0.25) is 0 Å². The Morgan fingerprint density at radius 2 is 2.35 bits per heavy atom. The number of oxazole rings is 1. The molecule has 0 bridgehead atoms. The second kappa shape index (κ2) is 4.60. The largest absolute Gasteiger partial charge is 0.417 e. The van der Waals surface area contributed by atoms with Crippen molar-refractivity contribution in [2.75, 3.05) is 25.0 Å². The lowest BCUT2D eigenvalue weighted by Crippen LogP contribution is -2.34. The van der Waals surface area contributed by atoms with Crippen LogP contribution in [0.25, 0.3) is 11.1 Å². The number of hydrogen-bond acceptors (Lipinski definition) is 5. The fourth-order valence-corrected chi connectivity index (χ4v) is 1.67. The Morgan fingerprint density at radius 3 is 3.06 bits per heavy atom. The average molecular weight is 237 g/mol. The first kappa shape index (κ1) is 11.7. The highest BCUT2D eigenvalue weighted by atomic mass is 16.4. The van der Waals surface area contributed by atoms with Crippen molar-refractivity contribution >= 4 is 16.8 Å². The quantitative estimate of drug-likeness (QED) is 0.689. The number of nitrogens with one attached hydrogen (secondary N) is 1. The number of aromatic amines is 1. The molecule has 0 saturated heterocycles. The highest BCUT2D eigenvalue weighted by Crippen LogP contribution is 2.19. The third-order valence-electron chi connectivity index (χ3n) is 2.60. The van der Waals surface area contributed by atoms with Crippen LogP contribution in [0.3, 0.4) is 0 Å². The van der Waals surface area contributed by atoms with Crippen LogP contribution in [0, 0.1) is 0 Å². The maximum absolute atomic E-state index is 11.0. The normalized spacial score (nSPS) is 12.9. The highest BCUT2D eigenvalue weighted by Gasteiger charge is 2.09. The number of anilines is 1. The molecule has 0 amide bonds. The van der Waals surface area contributed by atoms with Gasteiger partial charge in [-0.1, -0.05) is 0 Å². The molecule has 0 spiro atoms. The van der Waals surface area contributed by atoms with Gasteiger partial charge in [0.15, 0.2) is 5.58 Å². The zero-order valence-electron chi connectivity index (χ0n) is 9.51. The molecule has 0 aliphatic rings. The van der Waals surface area contributed by atoms with Gasteiger partial charge in [-0.3, -0.25) is 4.98 Å². The Kier molecular flexibility index (Phi) is 3.16. The average Bonchev–Trinajstić information content (AvgIpc) is 2.67. The molecule has 0 saturated carbocycles. The van der Waals surface area contributed by atoms with Crippen LogP contribution >= 0.6 is 0 Å². The van der Waals surface area contributed by atoms with Gasteiger partial charge < -0.3 is 20.2 Å². The summed E-state index contributed by atoms with van der Waals surface area (Å²) in [6.45, 7) is 0.652. The molecule has 0 radical (unpaired) electrons. The molecule has 0 aliphatic carbocycles. The Labute approximate surface area is 97.6 Å². The molecule has 1 unspecified atom stereocenters. The van der Waals surface area contributed by atoms with Gasteiger partial charge in [0.2, 0.25) is 0 Å². The summed E-state index contributed by atoms with van der Waals surface area (Å²) in [4.78, 5) is 15.5. The Bertz CT molecular complexity index is 560. The molecule has 2 aromatic rings. The zero-order valence-corrected chi connectivity index (χ0v) is 9.51. The SMILES string of the molecule is CN(CC(O)CN)c1ccc2oc(=O)[nH]c2c1. The Balaban J connectivity index is 2.26. The fraction of sp³-hybridized carbons (Fsp3) is 0.364. The minimum absolute atomic E-state index is 0.217. The number of aromatic nitrogens is 1. The number of aliphatic hydroxyl groups is 1. The van der Waals surface area contributed by atoms with Crippen molar-refractivity contribution in [1.82, 2.24) is 4.98 Å². The highest BCUT2D eigenvalue weighted by molar-refractivity contribution is 5.77. The van der Waals surface area contributed by atoms with Crippen molar-refractivity contribution in [3.05, 3.63) is 28.7 Å². The summed E-state index contributed by atoms with van der Waals surface area (Å²) in [5.41, 5.74) is 7.39. The molecule has 17 heavy (non-hydrogen) atoms. The molecule has 0 fully saturated rings. The molecular weight excluding hydrogens is 222 g/mol. The van der Waals surface area contributed by atoms with E-state index in [0.29, 0.717) is 17.6 Å². The van der Waals surface area contributed by atoms with Crippen LogP contribution in [0.5, 0.6) is 0 Å². The second-order valence-corrected chi connectivity index (χ2v) is 3.97. The van der Waals surface area contributed by atoms with E-state index in [1.807, 2.05) is 18.0 Å². The Morgan fingerprint density at radius 1 is 1.59 bits per heavy atom. The van der Waals surface area contributed by atoms with Crippen molar-refractivity contribution in [2.45, 2.75) is 6.10 Å². The lowest BCUT2D eigenvalue weighted by atomic mass is 10.2. The number of nitrogens with two attached hydrogens (primary N) is 1. The van der Waals surface area contributed by atoms with Crippen molar-refractivity contribution in [3.63, 3.8) is 0 Å². The molecule has 6 heteroatoms. The second-order valence-electron chi connectivity index (χ2n) is 3.97. The van der Waals surface area contributed by atoms with E-state index in [1.54, 1.807) is 12.1 Å². The van der Waals surface area contributed by atoms with Crippen LogP contribution in [0.15, 0.2) is 27.4 Å². The topological polar surface area (TPSA) is 95.5 Å². The third-order valence-corrected chi connectivity index (χ3v) is 2.60. The maximum atomic E-state index is 11.0. The molecular formula is C11H15N3O3. The van der Waals surface area contributed by atoms with Gasteiger partial charge >= 0.3 is 5.76 Å². The third kappa shape index (κ3) is 2.48. The predicted molar refractivity (Wildman–Crippen MR) is 65.2 cm³/mol. The molecule has 1 heterocycles. The van der Waals surface area contributed by atoms with Crippen LogP contribution < -0.4 is 16.4 Å². The monoisotopic (exact) mass is 237 g/mol. The lowest BCUT2D eigenvalue weighted by molar-refractivity contribution is 0.189. The lowest BCUT2D eigenvalue weighted by Gasteiger charge is -2.21. The maximum Gasteiger partial charge on any atom is 0.417 e. The fourth-order valence-electron chi connectivity index (χ4n) is 1.67. The number of nitrogens with zero attached hydrogens (tertiary/aromatic N) is 1. The van der Waals surface area contributed by atoms with Gasteiger partial charge in [-0.15, -0.1) is 0 Å². The predicted octanol–water partition coefficient (Wildman–Crippen LogP) is -0.123. The molecule has 1 aromatic heterocycles. The summed E-state index contributed by atoms with van der Waals surface area (Å²) in [5.74, 6) is -0.471. The van der Waals surface area contributed by atoms with Gasteiger partial charge in [-0.25, -0.2) is 4.79 Å². The summed E-state index contributed by atoms with van der Waals surface area (Å²) >= 11 is 0.